The van der Waals surface area contributed by atoms with Crippen molar-refractivity contribution in [1.29, 1.82) is 0 Å². The molecule has 0 bridgehead atoms. The second-order valence-electron chi connectivity index (χ2n) is 6.22. The van der Waals surface area contributed by atoms with Crippen LogP contribution in [0.15, 0.2) is 47.4 Å². The largest absolute Gasteiger partial charge is 0.396 e. The second kappa shape index (κ2) is 7.03. The predicted molar refractivity (Wildman–Crippen MR) is 103 cm³/mol. The van der Waals surface area contributed by atoms with Crippen molar-refractivity contribution >= 4 is 11.6 Å². The molecule has 0 unspecified atom stereocenters. The minimum absolute atomic E-state index is 0.0173. The van der Waals surface area contributed by atoms with Gasteiger partial charge in [-0.25, -0.2) is 4.39 Å². The van der Waals surface area contributed by atoms with Gasteiger partial charge in [0.1, 0.15) is 11.5 Å². The van der Waals surface area contributed by atoms with Crippen LogP contribution < -0.4 is 16.6 Å². The van der Waals surface area contributed by atoms with E-state index in [1.807, 2.05) is 6.07 Å². The fourth-order valence-corrected chi connectivity index (χ4v) is 2.91. The van der Waals surface area contributed by atoms with Crippen LogP contribution in [-0.4, -0.2) is 22.5 Å². The average molecular weight is 366 g/mol. The predicted octanol–water partition coefficient (Wildman–Crippen LogP) is 2.50. The number of carbonyl (C=O) groups excluding carboxylic acids is 1. The third-order valence-corrected chi connectivity index (χ3v) is 4.43. The molecular weight excluding hydrogens is 347 g/mol. The quantitative estimate of drug-likeness (QED) is 0.697. The van der Waals surface area contributed by atoms with Crippen molar-refractivity contribution in [3.63, 3.8) is 0 Å². The van der Waals surface area contributed by atoms with Crippen molar-refractivity contribution in [1.82, 2.24) is 14.9 Å². The first-order valence-corrected chi connectivity index (χ1v) is 8.27. The minimum Gasteiger partial charge on any atom is -0.396 e. The molecule has 0 fully saturated rings. The van der Waals surface area contributed by atoms with Crippen LogP contribution in [0.1, 0.15) is 16.1 Å². The maximum Gasteiger partial charge on any atom is 0.269 e. The van der Waals surface area contributed by atoms with E-state index in [-0.39, 0.29) is 22.8 Å². The van der Waals surface area contributed by atoms with E-state index in [9.17, 15) is 14.0 Å². The molecule has 0 aliphatic carbocycles. The highest BCUT2D eigenvalue weighted by atomic mass is 19.1. The molecule has 0 spiro atoms. The van der Waals surface area contributed by atoms with E-state index in [1.54, 1.807) is 26.1 Å². The zero-order valence-electron chi connectivity index (χ0n) is 15.2. The molecular formula is C20H19FN4O2. The van der Waals surface area contributed by atoms with Crippen molar-refractivity contribution in [3.05, 3.63) is 70.0 Å². The van der Waals surface area contributed by atoms with Crippen LogP contribution in [0.25, 0.3) is 22.4 Å². The van der Waals surface area contributed by atoms with Crippen LogP contribution in [0.2, 0.25) is 0 Å². The number of aromatic nitrogens is 2. The molecule has 0 radical (unpaired) electrons. The Morgan fingerprint density at radius 2 is 1.93 bits per heavy atom. The lowest BCUT2D eigenvalue weighted by Gasteiger charge is -2.14. The summed E-state index contributed by atoms with van der Waals surface area (Å²) in [5.41, 5.74) is 8.96. The minimum atomic E-state index is -0.496. The molecule has 3 rings (SSSR count). The molecule has 0 saturated carbocycles. The van der Waals surface area contributed by atoms with Gasteiger partial charge in [-0.2, -0.15) is 0 Å². The summed E-state index contributed by atoms with van der Waals surface area (Å²) in [7, 11) is 3.17. The standard InChI is InChI=1S/C20H19FN4O2/c1-11-6-15(21)16(22)10-14(11)13-8-18(25(3)19(26)9-13)12-4-5-24-17(7-12)20(27)23-2/h4-10H,22H2,1-3H3,(H,23,27). The van der Waals surface area contributed by atoms with Gasteiger partial charge in [0.05, 0.1) is 11.4 Å². The Kier molecular flexibility index (Phi) is 4.77. The Bertz CT molecular complexity index is 1110. The van der Waals surface area contributed by atoms with Gasteiger partial charge in [0.25, 0.3) is 11.5 Å². The smallest absolute Gasteiger partial charge is 0.269 e. The fraction of sp³-hybridized carbons (Fsp3) is 0.150. The second-order valence-corrected chi connectivity index (χ2v) is 6.22. The lowest BCUT2D eigenvalue weighted by molar-refractivity contribution is 0.0958. The lowest BCUT2D eigenvalue weighted by atomic mass is 9.98. The first-order valence-electron chi connectivity index (χ1n) is 8.27. The van der Waals surface area contributed by atoms with Crippen LogP contribution in [-0.2, 0) is 7.05 Å². The van der Waals surface area contributed by atoms with Crippen LogP contribution in [0.3, 0.4) is 0 Å². The number of nitrogens with zero attached hydrogens (tertiary/aromatic N) is 2. The van der Waals surface area contributed by atoms with E-state index in [2.05, 4.69) is 10.3 Å². The first-order chi connectivity index (χ1) is 12.8. The third-order valence-electron chi connectivity index (χ3n) is 4.43. The highest BCUT2D eigenvalue weighted by molar-refractivity contribution is 5.93. The molecule has 2 aromatic heterocycles. The Balaban J connectivity index is 2.21. The van der Waals surface area contributed by atoms with E-state index in [0.717, 1.165) is 0 Å². The molecule has 2 heterocycles. The van der Waals surface area contributed by atoms with Crippen LogP contribution in [0, 0.1) is 12.7 Å². The third kappa shape index (κ3) is 3.44. The fourth-order valence-electron chi connectivity index (χ4n) is 2.91. The molecule has 0 aliphatic heterocycles. The van der Waals surface area contributed by atoms with Crippen LogP contribution >= 0.6 is 0 Å². The SMILES string of the molecule is CNC(=O)c1cc(-c2cc(-c3cc(N)c(F)cc3C)cc(=O)n2C)ccn1. The van der Waals surface area contributed by atoms with Gasteiger partial charge < -0.3 is 15.6 Å². The average Bonchev–Trinajstić information content (AvgIpc) is 2.66. The number of rotatable bonds is 3. The zero-order chi connectivity index (χ0) is 19.7. The Labute approximate surface area is 155 Å². The molecule has 27 heavy (non-hydrogen) atoms. The maximum absolute atomic E-state index is 13.7. The van der Waals surface area contributed by atoms with Crippen LogP contribution in [0.4, 0.5) is 10.1 Å². The summed E-state index contributed by atoms with van der Waals surface area (Å²) in [4.78, 5) is 28.4. The number of anilines is 1. The van der Waals surface area contributed by atoms with Crippen molar-refractivity contribution in [3.8, 4) is 22.4 Å². The Morgan fingerprint density at radius 3 is 2.63 bits per heavy atom. The van der Waals surface area contributed by atoms with E-state index in [0.29, 0.717) is 27.9 Å². The number of nitrogens with two attached hydrogens (primary N) is 1. The summed E-state index contributed by atoms with van der Waals surface area (Å²) in [6.07, 6.45) is 1.51. The number of carbonyl (C=O) groups is 1. The van der Waals surface area contributed by atoms with Crippen LogP contribution in [0.5, 0.6) is 0 Å². The number of halogens is 1. The van der Waals surface area contributed by atoms with E-state index >= 15 is 0 Å². The monoisotopic (exact) mass is 366 g/mol. The molecule has 0 atom stereocenters. The summed E-state index contributed by atoms with van der Waals surface area (Å²) in [5, 5.41) is 2.52. The number of benzene rings is 1. The summed E-state index contributed by atoms with van der Waals surface area (Å²) < 4.78 is 15.2. The maximum atomic E-state index is 13.7. The highest BCUT2D eigenvalue weighted by Gasteiger charge is 2.13. The van der Waals surface area contributed by atoms with Crippen molar-refractivity contribution in [2.75, 3.05) is 12.8 Å². The number of amides is 1. The van der Waals surface area contributed by atoms with Gasteiger partial charge in [-0.1, -0.05) is 0 Å². The molecule has 3 aromatic rings. The number of pyridine rings is 2. The summed E-state index contributed by atoms with van der Waals surface area (Å²) >= 11 is 0. The van der Waals surface area contributed by atoms with Gasteiger partial charge >= 0.3 is 0 Å². The van der Waals surface area contributed by atoms with Gasteiger partial charge in [-0.05, 0) is 53.9 Å². The molecule has 1 aromatic carbocycles. The number of hydrogen-bond acceptors (Lipinski definition) is 4. The molecule has 7 heteroatoms. The molecule has 138 valence electrons. The molecule has 6 nitrogen and oxygen atoms in total. The number of nitrogen functional groups attached to an aromatic ring is 1. The Hall–Kier alpha value is -3.48. The number of nitrogens with one attached hydrogen (secondary N) is 1. The summed E-state index contributed by atoms with van der Waals surface area (Å²) in [6.45, 7) is 1.76. The van der Waals surface area contributed by atoms with Gasteiger partial charge in [0, 0.05) is 31.9 Å². The molecule has 1 amide bonds. The van der Waals surface area contributed by atoms with Gasteiger partial charge in [0.2, 0.25) is 0 Å². The summed E-state index contributed by atoms with van der Waals surface area (Å²) in [6, 6.07) is 9.48. The van der Waals surface area contributed by atoms with E-state index in [4.69, 9.17) is 5.73 Å². The normalized spacial score (nSPS) is 10.7. The number of hydrogen-bond donors (Lipinski definition) is 2. The molecule has 3 N–H and O–H groups in total. The van der Waals surface area contributed by atoms with Crippen molar-refractivity contribution in [2.45, 2.75) is 6.92 Å². The first kappa shape index (κ1) is 18.3. The summed E-state index contributed by atoms with van der Waals surface area (Å²) in [5.74, 6) is -0.815. The van der Waals surface area contributed by atoms with E-state index < -0.39 is 5.82 Å². The Morgan fingerprint density at radius 1 is 1.19 bits per heavy atom. The molecule has 0 aliphatic rings. The highest BCUT2D eigenvalue weighted by Crippen LogP contribution is 2.29. The lowest BCUT2D eigenvalue weighted by Crippen LogP contribution is -2.20. The van der Waals surface area contributed by atoms with Gasteiger partial charge in [-0.3, -0.25) is 14.6 Å². The topological polar surface area (TPSA) is 90.0 Å². The van der Waals surface area contributed by atoms with Crippen molar-refractivity contribution < 1.29 is 9.18 Å². The van der Waals surface area contributed by atoms with Gasteiger partial charge in [-0.15, -0.1) is 0 Å². The van der Waals surface area contributed by atoms with Gasteiger partial charge in [0.15, 0.2) is 0 Å². The molecule has 0 saturated heterocycles. The zero-order valence-corrected chi connectivity index (χ0v) is 15.2. The van der Waals surface area contributed by atoms with Crippen molar-refractivity contribution in [2.24, 2.45) is 7.05 Å². The van der Waals surface area contributed by atoms with E-state index in [1.165, 1.54) is 36.0 Å². The number of aryl methyl sites for hydroxylation is 1.